The van der Waals surface area contributed by atoms with E-state index in [1.165, 1.54) is 31.0 Å². The Morgan fingerprint density at radius 3 is 3.00 bits per heavy atom. The van der Waals surface area contributed by atoms with E-state index >= 15 is 0 Å². The fraction of sp³-hybridized carbons (Fsp3) is 0.529. The second-order valence-corrected chi connectivity index (χ2v) is 7.38. The molecule has 1 aromatic heterocycles. The van der Waals surface area contributed by atoms with Gasteiger partial charge in [0.2, 0.25) is 11.1 Å². The molecule has 0 unspecified atom stereocenters. The number of aryl methyl sites for hydroxylation is 1. The van der Waals surface area contributed by atoms with Gasteiger partial charge in [-0.25, -0.2) is 0 Å². The minimum atomic E-state index is 0.0533. The predicted molar refractivity (Wildman–Crippen MR) is 94.2 cm³/mol. The molecular weight excluding hydrogens is 322 g/mol. The van der Waals surface area contributed by atoms with Crippen LogP contribution in [0.4, 0.5) is 0 Å². The molecule has 0 spiro atoms. The average Bonchev–Trinajstić information content (AvgIpc) is 3.04. The van der Waals surface area contributed by atoms with Gasteiger partial charge in [-0.05, 0) is 53.8 Å². The molecule has 1 amide bonds. The van der Waals surface area contributed by atoms with Crippen molar-refractivity contribution < 1.29 is 4.79 Å². The van der Waals surface area contributed by atoms with E-state index < -0.39 is 0 Å². The monoisotopic (exact) mass is 345 g/mol. The number of tetrazole rings is 1. The maximum absolute atomic E-state index is 12.2. The van der Waals surface area contributed by atoms with Crippen molar-refractivity contribution >= 4 is 17.7 Å². The molecule has 1 N–H and O–H groups in total. The van der Waals surface area contributed by atoms with E-state index in [0.717, 1.165) is 17.7 Å². The highest BCUT2D eigenvalue weighted by Gasteiger charge is 2.23. The van der Waals surface area contributed by atoms with Crippen LogP contribution in [-0.4, -0.2) is 37.9 Å². The Hall–Kier alpha value is -1.89. The van der Waals surface area contributed by atoms with Crippen molar-refractivity contribution in [1.29, 1.82) is 0 Å². The maximum atomic E-state index is 12.2. The number of rotatable bonds is 5. The van der Waals surface area contributed by atoms with Crippen LogP contribution in [0, 0.1) is 12.8 Å². The lowest BCUT2D eigenvalue weighted by atomic mass is 9.86. The quantitative estimate of drug-likeness (QED) is 0.844. The summed E-state index contributed by atoms with van der Waals surface area (Å²) >= 11 is 1.37. The van der Waals surface area contributed by atoms with Crippen LogP contribution in [-0.2, 0) is 4.79 Å². The first kappa shape index (κ1) is 17.0. The molecule has 0 saturated heterocycles. The van der Waals surface area contributed by atoms with Crippen molar-refractivity contribution in [3.05, 3.63) is 29.8 Å². The molecular formula is C17H23N5OS. The third-order valence-corrected chi connectivity index (χ3v) is 5.40. The Balaban J connectivity index is 1.59. The van der Waals surface area contributed by atoms with Gasteiger partial charge in [-0.2, -0.15) is 4.68 Å². The first-order valence-electron chi connectivity index (χ1n) is 8.41. The number of carbonyl (C=O) groups is 1. The number of carbonyl (C=O) groups excluding carboxylic acids is 1. The number of benzene rings is 1. The van der Waals surface area contributed by atoms with Gasteiger partial charge >= 0.3 is 0 Å². The lowest BCUT2D eigenvalue weighted by molar-refractivity contribution is -0.119. The van der Waals surface area contributed by atoms with Crippen molar-refractivity contribution in [2.24, 2.45) is 5.92 Å². The number of nitrogens with one attached hydrogen (secondary N) is 1. The van der Waals surface area contributed by atoms with Gasteiger partial charge in [0.1, 0.15) is 0 Å². The maximum Gasteiger partial charge on any atom is 0.230 e. The fourth-order valence-corrected chi connectivity index (χ4v) is 3.80. The van der Waals surface area contributed by atoms with Crippen molar-refractivity contribution in [3.63, 3.8) is 0 Å². The van der Waals surface area contributed by atoms with Gasteiger partial charge in [0.05, 0.1) is 11.4 Å². The number of hydrogen-bond acceptors (Lipinski definition) is 5. The van der Waals surface area contributed by atoms with Gasteiger partial charge in [-0.3, -0.25) is 4.79 Å². The second-order valence-electron chi connectivity index (χ2n) is 6.44. The lowest BCUT2D eigenvalue weighted by Gasteiger charge is -2.29. The summed E-state index contributed by atoms with van der Waals surface area (Å²) in [6, 6.07) is 8.28. The van der Waals surface area contributed by atoms with Crippen LogP contribution >= 0.6 is 11.8 Å². The highest BCUT2D eigenvalue weighted by Crippen LogP contribution is 2.24. The number of thioether (sulfide) groups is 1. The number of aromatic nitrogens is 4. The van der Waals surface area contributed by atoms with Crippen LogP contribution in [0.1, 0.15) is 38.2 Å². The van der Waals surface area contributed by atoms with Gasteiger partial charge in [0, 0.05) is 6.04 Å². The van der Waals surface area contributed by atoms with Crippen molar-refractivity contribution in [3.8, 4) is 5.69 Å². The zero-order chi connectivity index (χ0) is 16.9. The third kappa shape index (κ3) is 4.14. The van der Waals surface area contributed by atoms with Crippen LogP contribution in [0.2, 0.25) is 0 Å². The predicted octanol–water partition coefficient (Wildman–Crippen LogP) is 2.76. The molecule has 0 bridgehead atoms. The largest absolute Gasteiger partial charge is 0.352 e. The number of nitrogens with zero attached hydrogens (tertiary/aromatic N) is 4. The summed E-state index contributed by atoms with van der Waals surface area (Å²) in [5.41, 5.74) is 2.05. The minimum absolute atomic E-state index is 0.0533. The summed E-state index contributed by atoms with van der Waals surface area (Å²) in [6.07, 6.45) is 4.75. The molecule has 0 aliphatic heterocycles. The molecule has 0 radical (unpaired) electrons. The van der Waals surface area contributed by atoms with E-state index in [4.69, 9.17) is 0 Å². The van der Waals surface area contributed by atoms with Crippen molar-refractivity contribution in [2.45, 2.75) is 50.7 Å². The normalized spacial score (nSPS) is 20.8. The molecule has 2 atom stereocenters. The van der Waals surface area contributed by atoms with E-state index in [1.54, 1.807) is 4.68 Å². The Labute approximate surface area is 146 Å². The second kappa shape index (κ2) is 7.79. The summed E-state index contributed by atoms with van der Waals surface area (Å²) < 4.78 is 1.67. The molecule has 24 heavy (non-hydrogen) atoms. The van der Waals surface area contributed by atoms with Crippen LogP contribution in [0.15, 0.2) is 29.4 Å². The molecule has 1 aliphatic carbocycles. The van der Waals surface area contributed by atoms with Crippen LogP contribution in [0.3, 0.4) is 0 Å². The topological polar surface area (TPSA) is 72.7 Å². The Morgan fingerprint density at radius 1 is 1.38 bits per heavy atom. The zero-order valence-electron chi connectivity index (χ0n) is 14.1. The van der Waals surface area contributed by atoms with Gasteiger partial charge < -0.3 is 5.32 Å². The molecule has 1 fully saturated rings. The van der Waals surface area contributed by atoms with Crippen LogP contribution < -0.4 is 5.32 Å². The Morgan fingerprint density at radius 2 is 2.21 bits per heavy atom. The first-order valence-corrected chi connectivity index (χ1v) is 9.39. The van der Waals surface area contributed by atoms with E-state index in [1.807, 2.05) is 31.2 Å². The molecule has 1 heterocycles. The molecule has 1 aliphatic rings. The molecule has 1 aromatic carbocycles. The molecule has 2 aromatic rings. The Kier molecular flexibility index (Phi) is 5.50. The summed E-state index contributed by atoms with van der Waals surface area (Å²) in [4.78, 5) is 12.2. The van der Waals surface area contributed by atoms with E-state index in [0.29, 0.717) is 22.9 Å². The lowest BCUT2D eigenvalue weighted by Crippen LogP contribution is -2.41. The van der Waals surface area contributed by atoms with Gasteiger partial charge in [0.15, 0.2) is 0 Å². The molecule has 6 nitrogen and oxygen atoms in total. The van der Waals surface area contributed by atoms with Gasteiger partial charge in [-0.15, -0.1) is 5.10 Å². The first-order chi connectivity index (χ1) is 11.6. The van der Waals surface area contributed by atoms with E-state index in [-0.39, 0.29) is 5.91 Å². The number of hydrogen-bond donors (Lipinski definition) is 1. The van der Waals surface area contributed by atoms with Crippen molar-refractivity contribution in [2.75, 3.05) is 5.75 Å². The molecule has 1 saturated carbocycles. The molecule has 7 heteroatoms. The minimum Gasteiger partial charge on any atom is -0.352 e. The zero-order valence-corrected chi connectivity index (χ0v) is 14.9. The average molecular weight is 345 g/mol. The summed E-state index contributed by atoms with van der Waals surface area (Å²) in [6.45, 7) is 4.25. The number of amides is 1. The third-order valence-electron chi connectivity index (χ3n) is 4.48. The smallest absolute Gasteiger partial charge is 0.230 e. The van der Waals surface area contributed by atoms with Crippen LogP contribution in [0.5, 0.6) is 0 Å². The SMILES string of the molecule is Cc1cccc(-n2nnnc2SCC(=O)N[C@@H]2CCCC[C@H]2C)c1. The van der Waals surface area contributed by atoms with E-state index in [2.05, 4.69) is 27.8 Å². The standard InChI is InChI=1S/C17H23N5OS/c1-12-6-5-8-14(10-12)22-17(19-20-21-22)24-11-16(23)18-15-9-4-3-7-13(15)2/h5-6,8,10,13,15H,3-4,7,9,11H2,1-2H3,(H,18,23)/t13-,15-/m1/s1. The fourth-order valence-electron chi connectivity index (χ4n) is 3.10. The highest BCUT2D eigenvalue weighted by atomic mass is 32.2. The molecule has 128 valence electrons. The Bertz CT molecular complexity index is 702. The summed E-state index contributed by atoms with van der Waals surface area (Å²) in [5.74, 6) is 0.943. The summed E-state index contributed by atoms with van der Waals surface area (Å²) in [5, 5.41) is 15.6. The molecule has 3 rings (SSSR count). The highest BCUT2D eigenvalue weighted by molar-refractivity contribution is 7.99. The van der Waals surface area contributed by atoms with Gasteiger partial charge in [-0.1, -0.05) is 43.7 Å². The summed E-state index contributed by atoms with van der Waals surface area (Å²) in [7, 11) is 0. The van der Waals surface area contributed by atoms with Crippen molar-refractivity contribution in [1.82, 2.24) is 25.5 Å². The van der Waals surface area contributed by atoms with E-state index in [9.17, 15) is 4.79 Å². The van der Waals surface area contributed by atoms with Crippen LogP contribution in [0.25, 0.3) is 5.69 Å². The van der Waals surface area contributed by atoms with Gasteiger partial charge in [0.25, 0.3) is 0 Å².